The minimum absolute atomic E-state index is 0.163. The highest BCUT2D eigenvalue weighted by Crippen LogP contribution is 2.21. The van der Waals surface area contributed by atoms with Crippen molar-refractivity contribution in [1.82, 2.24) is 0 Å². The summed E-state index contributed by atoms with van der Waals surface area (Å²) in [5.74, 6) is -1.22. The van der Waals surface area contributed by atoms with Gasteiger partial charge in [-0.3, -0.25) is 0 Å². The maximum absolute atomic E-state index is 10.8. The monoisotopic (exact) mass is 271 g/mol. The lowest BCUT2D eigenvalue weighted by atomic mass is 10.1. The Morgan fingerprint density at radius 1 is 1.15 bits per heavy atom. The van der Waals surface area contributed by atoms with E-state index in [-0.39, 0.29) is 11.3 Å². The van der Waals surface area contributed by atoms with Gasteiger partial charge in [0.25, 0.3) is 0 Å². The number of benzene rings is 2. The maximum atomic E-state index is 10.8. The van der Waals surface area contributed by atoms with Crippen LogP contribution in [0.1, 0.15) is 15.9 Å². The molecule has 20 heavy (non-hydrogen) atoms. The third kappa shape index (κ3) is 2.95. The average molecular weight is 271 g/mol. The number of carbonyl (C=O) groups is 1. The van der Waals surface area contributed by atoms with Gasteiger partial charge in [0.15, 0.2) is 0 Å². The van der Waals surface area contributed by atoms with Crippen molar-refractivity contribution in [1.29, 1.82) is 0 Å². The largest absolute Gasteiger partial charge is 0.507 e. The summed E-state index contributed by atoms with van der Waals surface area (Å²) >= 11 is 0. The van der Waals surface area contributed by atoms with Crippen LogP contribution in [0.25, 0.3) is 0 Å². The molecule has 2 N–H and O–H groups in total. The van der Waals surface area contributed by atoms with Gasteiger partial charge in [-0.2, -0.15) is 0 Å². The molecule has 0 saturated heterocycles. The van der Waals surface area contributed by atoms with Gasteiger partial charge in [-0.25, -0.2) is 9.79 Å². The molecule has 2 aromatic rings. The lowest BCUT2D eigenvalue weighted by Crippen LogP contribution is -2.05. The number of aliphatic imine (C=N–C) groups is 1. The second kappa shape index (κ2) is 5.88. The second-order valence-electron chi connectivity index (χ2n) is 3.99. The number of rotatable bonds is 3. The molecule has 102 valence electrons. The molecule has 0 bridgehead atoms. The van der Waals surface area contributed by atoms with E-state index in [2.05, 4.69) is 4.99 Å². The molecule has 0 aliphatic heterocycles. The zero-order valence-electron chi connectivity index (χ0n) is 10.8. The molecule has 0 unspecified atom stereocenters. The van der Waals surface area contributed by atoms with Crippen LogP contribution in [0.5, 0.6) is 5.75 Å². The molecule has 5 nitrogen and oxygen atoms in total. The number of carboxylic acids is 1. The number of aromatic carboxylic acids is 1. The Kier molecular flexibility index (Phi) is 4.00. The number of nitrogens with zero attached hydrogens (tertiary/aromatic N) is 1. The van der Waals surface area contributed by atoms with E-state index in [1.165, 1.54) is 25.3 Å². The minimum atomic E-state index is -1.19. The molecule has 0 heterocycles. The summed E-state index contributed by atoms with van der Waals surface area (Å²) in [7, 11) is 1.46. The SMILES string of the molecule is COC(=Nc1ccccc1)c1ccc(C(=O)O)c(O)c1. The van der Waals surface area contributed by atoms with Crippen molar-refractivity contribution in [2.45, 2.75) is 0 Å². The molecule has 0 aromatic heterocycles. The lowest BCUT2D eigenvalue weighted by Gasteiger charge is -2.07. The fourth-order valence-corrected chi connectivity index (χ4v) is 1.69. The highest BCUT2D eigenvalue weighted by atomic mass is 16.5. The molecular formula is C15H13NO4. The summed E-state index contributed by atoms with van der Waals surface area (Å²) in [6.07, 6.45) is 0. The highest BCUT2D eigenvalue weighted by Gasteiger charge is 2.12. The molecule has 0 atom stereocenters. The molecule has 0 radical (unpaired) electrons. The van der Waals surface area contributed by atoms with Gasteiger partial charge in [0.2, 0.25) is 5.90 Å². The zero-order valence-corrected chi connectivity index (χ0v) is 10.8. The van der Waals surface area contributed by atoms with E-state index in [0.29, 0.717) is 17.1 Å². The van der Waals surface area contributed by atoms with Crippen molar-refractivity contribution in [3.8, 4) is 5.75 Å². The van der Waals surface area contributed by atoms with Crippen molar-refractivity contribution < 1.29 is 19.7 Å². The fraction of sp³-hybridized carbons (Fsp3) is 0.0667. The summed E-state index contributed by atoms with van der Waals surface area (Å²) in [6, 6.07) is 13.3. The number of phenols is 1. The van der Waals surface area contributed by atoms with Crippen LogP contribution >= 0.6 is 0 Å². The molecule has 2 rings (SSSR count). The Hall–Kier alpha value is -2.82. The predicted octanol–water partition coefficient (Wildman–Crippen LogP) is 2.82. The molecule has 0 amide bonds. The summed E-state index contributed by atoms with van der Waals surface area (Å²) in [5.41, 5.74) is 1.04. The van der Waals surface area contributed by atoms with Crippen molar-refractivity contribution in [3.05, 3.63) is 59.7 Å². The normalized spacial score (nSPS) is 11.2. The maximum Gasteiger partial charge on any atom is 0.339 e. The van der Waals surface area contributed by atoms with Crippen LogP contribution in [0.15, 0.2) is 53.5 Å². The zero-order chi connectivity index (χ0) is 14.5. The van der Waals surface area contributed by atoms with E-state index in [9.17, 15) is 9.90 Å². The second-order valence-corrected chi connectivity index (χ2v) is 3.99. The number of hydrogen-bond donors (Lipinski definition) is 2. The smallest absolute Gasteiger partial charge is 0.339 e. The van der Waals surface area contributed by atoms with Crippen LogP contribution in [0.4, 0.5) is 5.69 Å². The van der Waals surface area contributed by atoms with Gasteiger partial charge in [0, 0.05) is 5.56 Å². The van der Waals surface area contributed by atoms with Crippen LogP contribution in [0.2, 0.25) is 0 Å². The first kappa shape index (κ1) is 13.6. The van der Waals surface area contributed by atoms with Crippen molar-refractivity contribution in [2.24, 2.45) is 4.99 Å². The van der Waals surface area contributed by atoms with Gasteiger partial charge in [-0.05, 0) is 30.3 Å². The molecule has 2 aromatic carbocycles. The van der Waals surface area contributed by atoms with E-state index in [0.717, 1.165) is 0 Å². The van der Waals surface area contributed by atoms with E-state index in [1.54, 1.807) is 0 Å². The number of methoxy groups -OCH3 is 1. The lowest BCUT2D eigenvalue weighted by molar-refractivity contribution is 0.0693. The number of hydrogen-bond acceptors (Lipinski definition) is 4. The topological polar surface area (TPSA) is 79.1 Å². The van der Waals surface area contributed by atoms with Crippen molar-refractivity contribution >= 4 is 17.6 Å². The van der Waals surface area contributed by atoms with Gasteiger partial charge in [0.1, 0.15) is 11.3 Å². The van der Waals surface area contributed by atoms with Gasteiger partial charge in [-0.1, -0.05) is 18.2 Å². The van der Waals surface area contributed by atoms with Crippen LogP contribution in [-0.4, -0.2) is 29.2 Å². The Balaban J connectivity index is 2.40. The Morgan fingerprint density at radius 3 is 2.40 bits per heavy atom. The van der Waals surface area contributed by atoms with Gasteiger partial charge < -0.3 is 14.9 Å². The van der Waals surface area contributed by atoms with Crippen LogP contribution in [0.3, 0.4) is 0 Å². The molecular weight excluding hydrogens is 258 g/mol. The summed E-state index contributed by atoms with van der Waals surface area (Å²) in [4.78, 5) is 15.1. The quantitative estimate of drug-likeness (QED) is 0.664. The minimum Gasteiger partial charge on any atom is -0.507 e. The third-order valence-corrected chi connectivity index (χ3v) is 2.66. The highest BCUT2D eigenvalue weighted by molar-refractivity contribution is 5.98. The molecule has 0 fully saturated rings. The van der Waals surface area contributed by atoms with Gasteiger partial charge in [0.05, 0.1) is 12.8 Å². The predicted molar refractivity (Wildman–Crippen MR) is 74.7 cm³/mol. The van der Waals surface area contributed by atoms with Crippen LogP contribution in [-0.2, 0) is 4.74 Å². The first-order valence-corrected chi connectivity index (χ1v) is 5.86. The Morgan fingerprint density at radius 2 is 1.85 bits per heavy atom. The van der Waals surface area contributed by atoms with Crippen LogP contribution in [0, 0.1) is 0 Å². The number of aromatic hydroxyl groups is 1. The number of para-hydroxylation sites is 1. The number of carboxylic acid groups (broad SMARTS) is 1. The first-order valence-electron chi connectivity index (χ1n) is 5.86. The molecule has 0 aliphatic carbocycles. The Bertz CT molecular complexity index is 650. The molecule has 0 aliphatic rings. The van der Waals surface area contributed by atoms with E-state index >= 15 is 0 Å². The van der Waals surface area contributed by atoms with Crippen molar-refractivity contribution in [3.63, 3.8) is 0 Å². The summed E-state index contributed by atoms with van der Waals surface area (Å²) in [6.45, 7) is 0. The molecule has 0 spiro atoms. The Labute approximate surface area is 115 Å². The standard InChI is InChI=1S/C15H13NO4/c1-20-14(16-11-5-3-2-4-6-11)10-7-8-12(15(18)19)13(17)9-10/h2-9,17H,1H3,(H,18,19). The fourth-order valence-electron chi connectivity index (χ4n) is 1.69. The van der Waals surface area contributed by atoms with E-state index in [4.69, 9.17) is 9.84 Å². The molecule has 0 saturated carbocycles. The van der Waals surface area contributed by atoms with Crippen molar-refractivity contribution in [2.75, 3.05) is 7.11 Å². The number of ether oxygens (including phenoxy) is 1. The van der Waals surface area contributed by atoms with Gasteiger partial charge >= 0.3 is 5.97 Å². The first-order chi connectivity index (χ1) is 9.61. The van der Waals surface area contributed by atoms with Gasteiger partial charge in [-0.15, -0.1) is 0 Å². The summed E-state index contributed by atoms with van der Waals surface area (Å²) < 4.78 is 5.19. The van der Waals surface area contributed by atoms with E-state index < -0.39 is 5.97 Å². The molecule has 5 heteroatoms. The van der Waals surface area contributed by atoms with E-state index in [1.807, 2.05) is 30.3 Å². The van der Waals surface area contributed by atoms with Crippen LogP contribution < -0.4 is 0 Å². The summed E-state index contributed by atoms with van der Waals surface area (Å²) in [5, 5.41) is 18.5. The average Bonchev–Trinajstić information content (AvgIpc) is 2.45. The third-order valence-electron chi connectivity index (χ3n) is 2.66.